The van der Waals surface area contributed by atoms with E-state index >= 15 is 0 Å². The molecule has 0 aliphatic heterocycles. The fourth-order valence-corrected chi connectivity index (χ4v) is 0.597. The van der Waals surface area contributed by atoms with Gasteiger partial charge in [-0.2, -0.15) is 0 Å². The summed E-state index contributed by atoms with van der Waals surface area (Å²) < 4.78 is 0. The van der Waals surface area contributed by atoms with E-state index in [9.17, 15) is 4.79 Å². The minimum atomic E-state index is -0.716. The summed E-state index contributed by atoms with van der Waals surface area (Å²) in [6.45, 7) is 0.666. The van der Waals surface area contributed by atoms with Crippen molar-refractivity contribution >= 4 is 23.3 Å². The van der Waals surface area contributed by atoms with E-state index in [4.69, 9.17) is 10.8 Å². The fourth-order valence-electron chi connectivity index (χ4n) is 0.597. The first-order valence-corrected chi connectivity index (χ1v) is 3.19. The summed E-state index contributed by atoms with van der Waals surface area (Å²) >= 11 is 0. The first kappa shape index (κ1) is 17.8. The zero-order chi connectivity index (χ0) is 7.11. The van der Waals surface area contributed by atoms with Crippen LogP contribution in [0.2, 0.25) is 0 Å². The first-order chi connectivity index (χ1) is 4.27. The van der Waals surface area contributed by atoms with Crippen LogP contribution in [0.4, 0.5) is 0 Å². The number of carboxylic acid groups (broad SMARTS) is 1. The largest absolute Gasteiger partial charge is 3.00 e. The summed E-state index contributed by atoms with van der Waals surface area (Å²) in [6.07, 6.45) is 2.91. The number of hydrogen-bond donors (Lipinski definition) is 2. The van der Waals surface area contributed by atoms with Crippen LogP contribution < -0.4 is 5.73 Å². The van der Waals surface area contributed by atoms with Crippen LogP contribution in [0, 0.1) is 0 Å². The molecule has 0 aliphatic rings. The van der Waals surface area contributed by atoms with Crippen molar-refractivity contribution in [2.45, 2.75) is 25.7 Å². The molecule has 0 spiro atoms. The molecule has 0 atom stereocenters. The van der Waals surface area contributed by atoms with Gasteiger partial charge in [-0.05, 0) is 19.4 Å². The molecule has 5 heteroatoms. The van der Waals surface area contributed by atoms with E-state index in [0.29, 0.717) is 6.54 Å². The molecule has 0 aromatic rings. The van der Waals surface area contributed by atoms with E-state index < -0.39 is 5.97 Å². The molecule has 0 saturated carbocycles. The van der Waals surface area contributed by atoms with Crippen molar-refractivity contribution < 1.29 is 36.1 Å². The van der Waals surface area contributed by atoms with Crippen molar-refractivity contribution in [3.05, 3.63) is 0 Å². The van der Waals surface area contributed by atoms with Gasteiger partial charge in [0.05, 0.1) is 0 Å². The standard InChI is InChI=1S/C6H13NO2.Al.Zr/c7-5-3-1-2-4-6(8)9;;/h1-5,7H2,(H,8,9);;/q;+3;+2. The van der Waals surface area contributed by atoms with Gasteiger partial charge in [0, 0.05) is 6.42 Å². The summed E-state index contributed by atoms with van der Waals surface area (Å²) in [5.41, 5.74) is 5.20. The molecular formula is C6H13AlNO2Zr+5. The molecule has 0 heterocycles. The number of carboxylic acids is 1. The van der Waals surface area contributed by atoms with E-state index in [1.807, 2.05) is 0 Å². The van der Waals surface area contributed by atoms with E-state index in [2.05, 4.69) is 0 Å². The van der Waals surface area contributed by atoms with Crippen molar-refractivity contribution in [3.63, 3.8) is 0 Å². The average Bonchev–Trinajstić information content (AvgIpc) is 1.80. The molecule has 0 rings (SSSR count). The van der Waals surface area contributed by atoms with Gasteiger partial charge < -0.3 is 10.8 Å². The second kappa shape index (κ2) is 13.4. The number of rotatable bonds is 5. The molecule has 0 aromatic heterocycles. The number of aliphatic carboxylic acids is 1. The van der Waals surface area contributed by atoms with Gasteiger partial charge in [0.1, 0.15) is 0 Å². The number of hydrogen-bond acceptors (Lipinski definition) is 2. The zero-order valence-electron chi connectivity index (χ0n) is 6.55. The average molecular weight is 249 g/mol. The smallest absolute Gasteiger partial charge is 0.481 e. The molecule has 3 nitrogen and oxygen atoms in total. The van der Waals surface area contributed by atoms with Crippen LogP contribution in [-0.4, -0.2) is 35.0 Å². The first-order valence-electron chi connectivity index (χ1n) is 3.19. The van der Waals surface area contributed by atoms with Gasteiger partial charge in [0.2, 0.25) is 0 Å². The predicted octanol–water partition coefficient (Wildman–Crippen LogP) is 0.207. The Kier molecular flexibility index (Phi) is 21.8. The maximum Gasteiger partial charge on any atom is 3.00 e. The summed E-state index contributed by atoms with van der Waals surface area (Å²) in [5, 5.41) is 8.18. The molecule has 0 aliphatic carbocycles. The fraction of sp³-hybridized carbons (Fsp3) is 0.833. The van der Waals surface area contributed by atoms with Crippen LogP contribution in [0.25, 0.3) is 0 Å². The van der Waals surface area contributed by atoms with E-state index in [0.717, 1.165) is 19.3 Å². The van der Waals surface area contributed by atoms with Gasteiger partial charge in [-0.1, -0.05) is 6.42 Å². The SMILES string of the molecule is NCCCCCC(=O)O.[Al+3].[Zr+2]. The van der Waals surface area contributed by atoms with E-state index in [1.165, 1.54) is 0 Å². The monoisotopic (exact) mass is 248 g/mol. The van der Waals surface area contributed by atoms with Crippen LogP contribution in [0.3, 0.4) is 0 Å². The summed E-state index contributed by atoms with van der Waals surface area (Å²) in [4.78, 5) is 9.93. The van der Waals surface area contributed by atoms with Crippen LogP contribution in [0.1, 0.15) is 25.7 Å². The third-order valence-electron chi connectivity index (χ3n) is 1.09. The maximum atomic E-state index is 9.93. The molecule has 0 fully saturated rings. The van der Waals surface area contributed by atoms with Crippen LogP contribution >= 0.6 is 0 Å². The van der Waals surface area contributed by atoms with Crippen LogP contribution in [0.5, 0.6) is 0 Å². The molecule has 0 saturated heterocycles. The van der Waals surface area contributed by atoms with Crippen molar-refractivity contribution in [1.82, 2.24) is 0 Å². The van der Waals surface area contributed by atoms with E-state index in [1.54, 1.807) is 0 Å². The molecule has 0 unspecified atom stereocenters. The topological polar surface area (TPSA) is 63.3 Å². The Morgan fingerprint density at radius 3 is 2.18 bits per heavy atom. The molecule has 56 valence electrons. The molecule has 11 heavy (non-hydrogen) atoms. The second-order valence-electron chi connectivity index (χ2n) is 1.99. The normalized spacial score (nSPS) is 7.73. The third kappa shape index (κ3) is 18.1. The van der Waals surface area contributed by atoms with Gasteiger partial charge in [0.25, 0.3) is 0 Å². The van der Waals surface area contributed by atoms with Crippen molar-refractivity contribution in [3.8, 4) is 0 Å². The molecule has 0 radical (unpaired) electrons. The summed E-state index contributed by atoms with van der Waals surface area (Å²) in [5.74, 6) is -0.716. The van der Waals surface area contributed by atoms with Crippen molar-refractivity contribution in [2.24, 2.45) is 5.73 Å². The minimum absolute atomic E-state index is 0. The zero-order valence-corrected chi connectivity index (χ0v) is 10.2. The Bertz CT molecular complexity index is 92.7. The second-order valence-corrected chi connectivity index (χ2v) is 1.99. The van der Waals surface area contributed by atoms with Crippen LogP contribution in [-0.2, 0) is 31.0 Å². The Balaban J connectivity index is -0.000000320. The van der Waals surface area contributed by atoms with Gasteiger partial charge in [-0.15, -0.1) is 0 Å². The summed E-state index contributed by atoms with van der Waals surface area (Å²) in [7, 11) is 0. The molecule has 0 aromatic carbocycles. The minimum Gasteiger partial charge on any atom is -0.481 e. The Morgan fingerprint density at radius 2 is 1.82 bits per heavy atom. The van der Waals surface area contributed by atoms with Gasteiger partial charge in [-0.25, -0.2) is 0 Å². The van der Waals surface area contributed by atoms with Crippen LogP contribution in [0.15, 0.2) is 0 Å². The summed E-state index contributed by atoms with van der Waals surface area (Å²) in [6, 6.07) is 0. The third-order valence-corrected chi connectivity index (χ3v) is 1.09. The van der Waals surface area contributed by atoms with E-state index in [-0.39, 0.29) is 50.0 Å². The predicted molar refractivity (Wildman–Crippen MR) is 40.9 cm³/mol. The number of nitrogens with two attached hydrogens (primary N) is 1. The molecule has 0 bridgehead atoms. The molecule has 3 N–H and O–H groups in total. The molecular weight excluding hydrogens is 236 g/mol. The Hall–Kier alpha value is 0.846. The Morgan fingerprint density at radius 1 is 1.27 bits per heavy atom. The quantitative estimate of drug-likeness (QED) is 0.541. The van der Waals surface area contributed by atoms with Crippen molar-refractivity contribution in [2.75, 3.05) is 6.54 Å². The van der Waals surface area contributed by atoms with Gasteiger partial charge >= 0.3 is 49.5 Å². The van der Waals surface area contributed by atoms with Gasteiger partial charge in [-0.3, -0.25) is 4.79 Å². The number of unbranched alkanes of at least 4 members (excludes halogenated alkanes) is 2. The van der Waals surface area contributed by atoms with Crippen molar-refractivity contribution in [1.29, 1.82) is 0 Å². The van der Waals surface area contributed by atoms with Gasteiger partial charge in [0.15, 0.2) is 0 Å². The Labute approximate surface area is 97.0 Å². The molecule has 0 amide bonds. The maximum absolute atomic E-state index is 9.93. The number of carbonyl (C=O) groups is 1.